The van der Waals surface area contributed by atoms with Crippen LogP contribution < -0.4 is 0 Å². The summed E-state index contributed by atoms with van der Waals surface area (Å²) in [7, 11) is 0. The molecule has 4 heteroatoms. The molecule has 1 aromatic carbocycles. The highest BCUT2D eigenvalue weighted by Crippen LogP contribution is 2.10. The second-order valence-corrected chi connectivity index (χ2v) is 5.18. The van der Waals surface area contributed by atoms with Crippen LogP contribution in [0.5, 0.6) is 0 Å². The summed E-state index contributed by atoms with van der Waals surface area (Å²) in [4.78, 5) is 8.85. The largest absolute Gasteiger partial charge is 0.287 e. The topological polar surface area (TPSA) is 54.5 Å². The molecule has 3 aromatic rings. The number of rotatable bonds is 1. The molecule has 2 heterocycles. The van der Waals surface area contributed by atoms with E-state index in [1.807, 2.05) is 55.1 Å². The molecule has 3 rings (SSSR count). The van der Waals surface area contributed by atoms with Gasteiger partial charge >= 0.3 is 0 Å². The van der Waals surface area contributed by atoms with Gasteiger partial charge in [0.1, 0.15) is 17.3 Å². The van der Waals surface area contributed by atoms with Crippen molar-refractivity contribution < 1.29 is 0 Å². The molecule has 4 nitrogen and oxygen atoms in total. The zero-order valence-electron chi connectivity index (χ0n) is 12.9. The second-order valence-electron chi connectivity index (χ2n) is 5.18. The molecular formula is C19H14N4. The number of hydrogen-bond acceptors (Lipinski definition) is 3. The number of aryl methyl sites for hydroxylation is 2. The minimum Gasteiger partial charge on any atom is -0.287 e. The number of nitrogens with zero attached hydrogens (tertiary/aromatic N) is 4. The first-order valence-electron chi connectivity index (χ1n) is 7.17. The highest BCUT2D eigenvalue weighted by atomic mass is 15.1. The smallest absolute Gasteiger partial charge is 0.138 e. The van der Waals surface area contributed by atoms with Crippen molar-refractivity contribution in [2.45, 2.75) is 13.8 Å². The van der Waals surface area contributed by atoms with Crippen LogP contribution in [0.1, 0.15) is 28.2 Å². The Hall–Kier alpha value is -3.37. The highest BCUT2D eigenvalue weighted by molar-refractivity contribution is 5.44. The summed E-state index contributed by atoms with van der Waals surface area (Å²) in [6, 6.07) is 13.3. The van der Waals surface area contributed by atoms with Crippen LogP contribution in [0.3, 0.4) is 0 Å². The molecule has 2 aromatic heterocycles. The van der Waals surface area contributed by atoms with Crippen LogP contribution in [0.2, 0.25) is 0 Å². The number of hydrogen-bond donors (Lipinski definition) is 0. The molecule has 0 fully saturated rings. The molecule has 0 atom stereocenters. The van der Waals surface area contributed by atoms with Crippen molar-refractivity contribution in [1.29, 1.82) is 5.26 Å². The standard InChI is InChI=1S/C19H14N4/c1-14-6-9-19(21-12-14)23-13-18(22-15(23)2)8-7-16-4-3-5-17(10-16)11-20/h3-6,9-10,12-13H,1-2H3. The lowest BCUT2D eigenvalue weighted by molar-refractivity contribution is 0.930. The summed E-state index contributed by atoms with van der Waals surface area (Å²) in [5, 5.41) is 8.91. The van der Waals surface area contributed by atoms with Gasteiger partial charge in [-0.25, -0.2) is 9.97 Å². The molecule has 0 aliphatic carbocycles. The van der Waals surface area contributed by atoms with E-state index in [9.17, 15) is 0 Å². The Labute approximate surface area is 135 Å². The van der Waals surface area contributed by atoms with Gasteiger partial charge in [-0.1, -0.05) is 18.1 Å². The lowest BCUT2D eigenvalue weighted by Crippen LogP contribution is -1.98. The minimum absolute atomic E-state index is 0.599. The average Bonchev–Trinajstić information content (AvgIpc) is 2.95. The lowest BCUT2D eigenvalue weighted by Gasteiger charge is -2.02. The average molecular weight is 298 g/mol. The molecule has 0 N–H and O–H groups in total. The molecule has 0 saturated carbocycles. The van der Waals surface area contributed by atoms with Crippen LogP contribution in [0.4, 0.5) is 0 Å². The zero-order chi connectivity index (χ0) is 16.2. The molecule has 0 bridgehead atoms. The molecule has 0 aliphatic rings. The zero-order valence-corrected chi connectivity index (χ0v) is 12.9. The number of aromatic nitrogens is 3. The van der Waals surface area contributed by atoms with E-state index in [0.717, 1.165) is 22.8 Å². The van der Waals surface area contributed by atoms with Gasteiger partial charge in [0.15, 0.2) is 0 Å². The normalized spacial score (nSPS) is 9.78. The molecule has 110 valence electrons. The SMILES string of the molecule is Cc1ccc(-n2cc(C#Cc3cccc(C#N)c3)nc2C)nc1. The Morgan fingerprint density at radius 3 is 2.61 bits per heavy atom. The van der Waals surface area contributed by atoms with E-state index in [4.69, 9.17) is 5.26 Å². The second kappa shape index (κ2) is 6.17. The third-order valence-corrected chi connectivity index (χ3v) is 3.35. The maximum Gasteiger partial charge on any atom is 0.138 e. The van der Waals surface area contributed by atoms with Crippen LogP contribution in [-0.4, -0.2) is 14.5 Å². The summed E-state index contributed by atoms with van der Waals surface area (Å²) in [5.74, 6) is 7.72. The van der Waals surface area contributed by atoms with Crippen LogP contribution in [-0.2, 0) is 0 Å². The van der Waals surface area contributed by atoms with Crippen molar-refractivity contribution in [3.63, 3.8) is 0 Å². The van der Waals surface area contributed by atoms with Gasteiger partial charge in [-0.15, -0.1) is 0 Å². The first-order chi connectivity index (χ1) is 11.2. The Morgan fingerprint density at radius 2 is 1.87 bits per heavy atom. The fraction of sp³-hybridized carbons (Fsp3) is 0.105. The fourth-order valence-electron chi connectivity index (χ4n) is 2.17. The molecule has 0 amide bonds. The van der Waals surface area contributed by atoms with Gasteiger partial charge in [-0.05, 0) is 49.6 Å². The van der Waals surface area contributed by atoms with Crippen molar-refractivity contribution in [3.05, 3.63) is 77.0 Å². The third-order valence-electron chi connectivity index (χ3n) is 3.35. The summed E-state index contributed by atoms with van der Waals surface area (Å²) in [5.41, 5.74) is 3.18. The predicted octanol–water partition coefficient (Wildman–Crippen LogP) is 3.16. The maximum atomic E-state index is 8.91. The van der Waals surface area contributed by atoms with Crippen molar-refractivity contribution >= 4 is 0 Å². The van der Waals surface area contributed by atoms with Gasteiger partial charge in [0.2, 0.25) is 0 Å². The Morgan fingerprint density at radius 1 is 1.04 bits per heavy atom. The molecule has 0 aliphatic heterocycles. The summed E-state index contributed by atoms with van der Waals surface area (Å²) in [6.07, 6.45) is 3.70. The summed E-state index contributed by atoms with van der Waals surface area (Å²) < 4.78 is 1.91. The van der Waals surface area contributed by atoms with Crippen LogP contribution in [0, 0.1) is 37.0 Å². The molecule has 23 heavy (non-hydrogen) atoms. The number of imidazole rings is 1. The van der Waals surface area contributed by atoms with Gasteiger partial charge in [-0.3, -0.25) is 4.57 Å². The van der Waals surface area contributed by atoms with E-state index in [0.29, 0.717) is 11.3 Å². The number of benzene rings is 1. The maximum absolute atomic E-state index is 8.91. The quantitative estimate of drug-likeness (QED) is 0.648. The highest BCUT2D eigenvalue weighted by Gasteiger charge is 2.05. The van der Waals surface area contributed by atoms with E-state index in [2.05, 4.69) is 27.9 Å². The lowest BCUT2D eigenvalue weighted by atomic mass is 10.1. The van der Waals surface area contributed by atoms with E-state index in [1.54, 1.807) is 12.1 Å². The first-order valence-corrected chi connectivity index (χ1v) is 7.17. The van der Waals surface area contributed by atoms with E-state index >= 15 is 0 Å². The van der Waals surface area contributed by atoms with Crippen LogP contribution in [0.15, 0.2) is 48.8 Å². The van der Waals surface area contributed by atoms with Crippen LogP contribution in [0.25, 0.3) is 5.82 Å². The van der Waals surface area contributed by atoms with Gasteiger partial charge in [0, 0.05) is 18.0 Å². The van der Waals surface area contributed by atoms with Gasteiger partial charge < -0.3 is 0 Å². The molecule has 0 unspecified atom stereocenters. The Balaban J connectivity index is 1.91. The molecule has 0 saturated heterocycles. The molecule has 0 radical (unpaired) electrons. The van der Waals surface area contributed by atoms with E-state index < -0.39 is 0 Å². The Kier molecular flexibility index (Phi) is 3.91. The van der Waals surface area contributed by atoms with E-state index in [-0.39, 0.29) is 0 Å². The molecular weight excluding hydrogens is 284 g/mol. The van der Waals surface area contributed by atoms with Crippen molar-refractivity contribution in [3.8, 4) is 23.7 Å². The monoisotopic (exact) mass is 298 g/mol. The third kappa shape index (κ3) is 3.28. The van der Waals surface area contributed by atoms with Gasteiger partial charge in [0.25, 0.3) is 0 Å². The van der Waals surface area contributed by atoms with Crippen molar-refractivity contribution in [2.75, 3.05) is 0 Å². The van der Waals surface area contributed by atoms with Gasteiger partial charge in [-0.2, -0.15) is 5.26 Å². The minimum atomic E-state index is 0.599. The van der Waals surface area contributed by atoms with Crippen molar-refractivity contribution in [1.82, 2.24) is 14.5 Å². The van der Waals surface area contributed by atoms with Crippen molar-refractivity contribution in [2.24, 2.45) is 0 Å². The molecule has 0 spiro atoms. The summed E-state index contributed by atoms with van der Waals surface area (Å²) in [6.45, 7) is 3.92. The Bertz CT molecular complexity index is 948. The summed E-state index contributed by atoms with van der Waals surface area (Å²) >= 11 is 0. The van der Waals surface area contributed by atoms with Crippen LogP contribution >= 0.6 is 0 Å². The van der Waals surface area contributed by atoms with E-state index in [1.165, 1.54) is 0 Å². The predicted molar refractivity (Wildman–Crippen MR) is 88.0 cm³/mol. The number of nitriles is 1. The number of pyridine rings is 1. The first kappa shape index (κ1) is 14.6. The fourth-order valence-corrected chi connectivity index (χ4v) is 2.17. The van der Waals surface area contributed by atoms with Gasteiger partial charge in [0.05, 0.1) is 11.6 Å².